The SMILES string of the molecule is CCOC(=O)[C@@H](c1ccc(Cl)cc1)N(CC)C(=O)Cc1ccc(OC)c(OC)c1. The highest BCUT2D eigenvalue weighted by Gasteiger charge is 2.31. The second kappa shape index (κ2) is 10.7. The van der Waals surface area contributed by atoms with Gasteiger partial charge in [-0.2, -0.15) is 0 Å². The van der Waals surface area contributed by atoms with Gasteiger partial charge in [-0.15, -0.1) is 0 Å². The van der Waals surface area contributed by atoms with Gasteiger partial charge >= 0.3 is 5.97 Å². The molecular weight excluding hydrogens is 394 g/mol. The van der Waals surface area contributed by atoms with Crippen molar-refractivity contribution in [3.63, 3.8) is 0 Å². The van der Waals surface area contributed by atoms with E-state index in [1.54, 1.807) is 63.6 Å². The Morgan fingerprint density at radius 1 is 1.00 bits per heavy atom. The van der Waals surface area contributed by atoms with E-state index in [2.05, 4.69) is 0 Å². The Hall–Kier alpha value is -2.73. The first kappa shape index (κ1) is 22.6. The molecule has 1 amide bonds. The summed E-state index contributed by atoms with van der Waals surface area (Å²) in [6.45, 7) is 4.13. The largest absolute Gasteiger partial charge is 0.493 e. The normalized spacial score (nSPS) is 11.5. The molecule has 0 N–H and O–H groups in total. The van der Waals surface area contributed by atoms with E-state index >= 15 is 0 Å². The van der Waals surface area contributed by atoms with Crippen LogP contribution in [-0.2, 0) is 20.7 Å². The zero-order chi connectivity index (χ0) is 21.4. The van der Waals surface area contributed by atoms with Crippen LogP contribution in [0.3, 0.4) is 0 Å². The van der Waals surface area contributed by atoms with Crippen LogP contribution < -0.4 is 9.47 Å². The van der Waals surface area contributed by atoms with Gasteiger partial charge in [0.25, 0.3) is 0 Å². The summed E-state index contributed by atoms with van der Waals surface area (Å²) >= 11 is 5.97. The van der Waals surface area contributed by atoms with Crippen LogP contribution >= 0.6 is 11.6 Å². The molecule has 2 aromatic rings. The summed E-state index contributed by atoms with van der Waals surface area (Å²) in [7, 11) is 3.09. The molecule has 6 nitrogen and oxygen atoms in total. The Balaban J connectivity index is 2.32. The van der Waals surface area contributed by atoms with Crippen LogP contribution in [0.5, 0.6) is 11.5 Å². The minimum Gasteiger partial charge on any atom is -0.493 e. The van der Waals surface area contributed by atoms with Crippen LogP contribution in [-0.4, -0.2) is 44.1 Å². The van der Waals surface area contributed by atoms with Crippen LogP contribution in [0.1, 0.15) is 31.0 Å². The highest BCUT2D eigenvalue weighted by Crippen LogP contribution is 2.29. The predicted octanol–water partition coefficient (Wildman–Crippen LogP) is 4.05. The number of likely N-dealkylation sites (N-methyl/N-ethyl adjacent to an activating group) is 1. The number of esters is 1. The Bertz CT molecular complexity index is 838. The van der Waals surface area contributed by atoms with E-state index < -0.39 is 12.0 Å². The van der Waals surface area contributed by atoms with Crippen molar-refractivity contribution in [1.29, 1.82) is 0 Å². The van der Waals surface area contributed by atoms with E-state index in [-0.39, 0.29) is 18.9 Å². The molecule has 0 heterocycles. The lowest BCUT2D eigenvalue weighted by Gasteiger charge is -2.29. The number of benzene rings is 2. The van der Waals surface area contributed by atoms with Gasteiger partial charge in [-0.05, 0) is 49.2 Å². The van der Waals surface area contributed by atoms with Gasteiger partial charge < -0.3 is 19.1 Å². The second-order valence-corrected chi connectivity index (χ2v) is 6.69. The van der Waals surface area contributed by atoms with Crippen molar-refractivity contribution in [3.8, 4) is 11.5 Å². The van der Waals surface area contributed by atoms with Gasteiger partial charge in [0.15, 0.2) is 17.5 Å². The smallest absolute Gasteiger partial charge is 0.333 e. The van der Waals surface area contributed by atoms with Gasteiger partial charge in [0.1, 0.15) is 0 Å². The third kappa shape index (κ3) is 5.64. The lowest BCUT2D eigenvalue weighted by atomic mass is 10.0. The summed E-state index contributed by atoms with van der Waals surface area (Å²) in [4.78, 5) is 27.3. The monoisotopic (exact) mass is 419 g/mol. The van der Waals surface area contributed by atoms with E-state index in [9.17, 15) is 9.59 Å². The van der Waals surface area contributed by atoms with E-state index in [1.807, 2.05) is 6.92 Å². The molecule has 156 valence electrons. The second-order valence-electron chi connectivity index (χ2n) is 6.25. The fourth-order valence-electron chi connectivity index (χ4n) is 3.08. The molecule has 0 unspecified atom stereocenters. The van der Waals surface area contributed by atoms with Crippen LogP contribution in [0, 0.1) is 0 Å². The summed E-state index contributed by atoms with van der Waals surface area (Å²) in [6, 6.07) is 11.3. The molecule has 0 radical (unpaired) electrons. The average molecular weight is 420 g/mol. The molecule has 0 aliphatic rings. The van der Waals surface area contributed by atoms with Crippen LogP contribution in [0.2, 0.25) is 5.02 Å². The number of nitrogens with zero attached hydrogens (tertiary/aromatic N) is 1. The number of ether oxygens (including phenoxy) is 3. The minimum absolute atomic E-state index is 0.109. The molecule has 29 heavy (non-hydrogen) atoms. The summed E-state index contributed by atoms with van der Waals surface area (Å²) < 4.78 is 15.8. The molecule has 0 bridgehead atoms. The standard InChI is InChI=1S/C22H26ClNO5/c1-5-24(20(25)14-15-7-12-18(27-3)19(13-15)28-4)21(22(26)29-6-2)16-8-10-17(23)11-9-16/h7-13,21H,5-6,14H2,1-4H3/t21-/m1/s1. The molecule has 2 aromatic carbocycles. The number of hydrogen-bond acceptors (Lipinski definition) is 5. The summed E-state index contributed by atoms with van der Waals surface area (Å²) in [6.07, 6.45) is 0.109. The number of halogens is 1. The van der Waals surface area contributed by atoms with E-state index in [1.165, 1.54) is 4.90 Å². The zero-order valence-corrected chi connectivity index (χ0v) is 17.9. The Morgan fingerprint density at radius 3 is 2.21 bits per heavy atom. The summed E-state index contributed by atoms with van der Waals surface area (Å²) in [5, 5.41) is 0.552. The zero-order valence-electron chi connectivity index (χ0n) is 17.1. The molecule has 2 rings (SSSR count). The fourth-order valence-corrected chi connectivity index (χ4v) is 3.21. The molecular formula is C22H26ClNO5. The maximum atomic E-state index is 13.1. The van der Waals surface area contributed by atoms with E-state index in [0.29, 0.717) is 28.6 Å². The number of amides is 1. The van der Waals surface area contributed by atoms with Gasteiger partial charge in [0, 0.05) is 11.6 Å². The van der Waals surface area contributed by atoms with E-state index in [0.717, 1.165) is 5.56 Å². The molecule has 0 aliphatic carbocycles. The van der Waals surface area contributed by atoms with Crippen molar-refractivity contribution in [2.24, 2.45) is 0 Å². The molecule has 0 aromatic heterocycles. The first-order valence-electron chi connectivity index (χ1n) is 9.37. The molecule has 0 saturated carbocycles. The molecule has 0 saturated heterocycles. The Morgan fingerprint density at radius 2 is 1.66 bits per heavy atom. The number of carbonyl (C=O) groups is 2. The predicted molar refractivity (Wildman–Crippen MR) is 111 cm³/mol. The first-order valence-corrected chi connectivity index (χ1v) is 9.75. The highest BCUT2D eigenvalue weighted by molar-refractivity contribution is 6.30. The van der Waals surface area contributed by atoms with Gasteiger partial charge in [0.2, 0.25) is 5.91 Å². The van der Waals surface area contributed by atoms with Crippen molar-refractivity contribution in [2.75, 3.05) is 27.4 Å². The van der Waals surface area contributed by atoms with Crippen molar-refractivity contribution in [3.05, 3.63) is 58.6 Å². The Kier molecular flexibility index (Phi) is 8.34. The topological polar surface area (TPSA) is 65.1 Å². The van der Waals surface area contributed by atoms with Gasteiger partial charge in [-0.3, -0.25) is 4.79 Å². The maximum absolute atomic E-state index is 13.1. The van der Waals surface area contributed by atoms with Gasteiger partial charge in [-0.25, -0.2) is 4.79 Å². The third-order valence-corrected chi connectivity index (χ3v) is 4.72. The minimum atomic E-state index is -0.843. The number of carbonyl (C=O) groups excluding carboxylic acids is 2. The van der Waals surface area contributed by atoms with Gasteiger partial charge in [0.05, 0.1) is 27.2 Å². The lowest BCUT2D eigenvalue weighted by molar-refractivity contribution is -0.155. The van der Waals surface area contributed by atoms with Crippen LogP contribution in [0.15, 0.2) is 42.5 Å². The van der Waals surface area contributed by atoms with Crippen molar-refractivity contribution in [1.82, 2.24) is 4.90 Å². The van der Waals surface area contributed by atoms with Crippen LogP contribution in [0.25, 0.3) is 0 Å². The maximum Gasteiger partial charge on any atom is 0.333 e. The van der Waals surface area contributed by atoms with Crippen molar-refractivity contribution < 1.29 is 23.8 Å². The first-order chi connectivity index (χ1) is 13.9. The number of rotatable bonds is 9. The molecule has 1 atom stereocenters. The number of methoxy groups -OCH3 is 2. The molecule has 7 heteroatoms. The van der Waals surface area contributed by atoms with Crippen molar-refractivity contribution >= 4 is 23.5 Å². The highest BCUT2D eigenvalue weighted by atomic mass is 35.5. The molecule has 0 spiro atoms. The quantitative estimate of drug-likeness (QED) is 0.573. The summed E-state index contributed by atoms with van der Waals surface area (Å²) in [5.41, 5.74) is 1.40. The van der Waals surface area contributed by atoms with Gasteiger partial charge in [-0.1, -0.05) is 29.8 Å². The van der Waals surface area contributed by atoms with Crippen molar-refractivity contribution in [2.45, 2.75) is 26.3 Å². The lowest BCUT2D eigenvalue weighted by Crippen LogP contribution is -2.40. The number of hydrogen-bond donors (Lipinski definition) is 0. The van der Waals surface area contributed by atoms with E-state index in [4.69, 9.17) is 25.8 Å². The molecule has 0 aliphatic heterocycles. The average Bonchev–Trinajstić information content (AvgIpc) is 2.72. The Labute approximate surface area is 176 Å². The summed E-state index contributed by atoms with van der Waals surface area (Å²) in [5.74, 6) is 0.451. The molecule has 0 fully saturated rings. The third-order valence-electron chi connectivity index (χ3n) is 4.47. The fraction of sp³-hybridized carbons (Fsp3) is 0.364. The van der Waals surface area contributed by atoms with Crippen LogP contribution in [0.4, 0.5) is 0 Å².